The Balaban J connectivity index is 0.970. The molecular weight excluding hydrogens is 657 g/mol. The number of hydrogen-bond donors (Lipinski definition) is 0. The van der Waals surface area contributed by atoms with Crippen molar-refractivity contribution in [2.75, 3.05) is 4.90 Å². The topological polar surface area (TPSA) is 60.8 Å². The number of anilines is 2. The highest BCUT2D eigenvalue weighted by atomic mass is 16.5. The van der Waals surface area contributed by atoms with Crippen molar-refractivity contribution >= 4 is 51.4 Å². The molecule has 6 nitrogen and oxygen atoms in total. The second-order valence-corrected chi connectivity index (χ2v) is 14.5. The van der Waals surface area contributed by atoms with Gasteiger partial charge in [-0.2, -0.15) is 0 Å². The van der Waals surface area contributed by atoms with Gasteiger partial charge in [-0.1, -0.05) is 91.0 Å². The van der Waals surface area contributed by atoms with Gasteiger partial charge in [0.25, 0.3) is 0 Å². The van der Waals surface area contributed by atoms with E-state index in [0.29, 0.717) is 33.1 Å². The Bertz CT molecular complexity index is 2840. The molecule has 0 spiro atoms. The molecule has 254 valence electrons. The molecule has 5 aromatic carbocycles. The summed E-state index contributed by atoms with van der Waals surface area (Å²) in [5.74, 6) is 0.218. The molecular formula is C47H32N2O4. The number of carbonyl (C=O) groups is 2. The van der Waals surface area contributed by atoms with E-state index in [2.05, 4.69) is 114 Å². The van der Waals surface area contributed by atoms with Gasteiger partial charge in [-0.25, -0.2) is 9.59 Å². The Kier molecular flexibility index (Phi) is 6.18. The van der Waals surface area contributed by atoms with Crippen LogP contribution in [0.25, 0.3) is 33.8 Å². The lowest BCUT2D eigenvalue weighted by Crippen LogP contribution is -2.41. The molecule has 5 aliphatic rings. The summed E-state index contributed by atoms with van der Waals surface area (Å²) in [4.78, 5) is 29.3. The van der Waals surface area contributed by atoms with Crippen LogP contribution >= 0.6 is 0 Å². The monoisotopic (exact) mass is 688 g/mol. The number of nitrogens with zero attached hydrogens (tertiary/aromatic N) is 2. The third-order valence-electron chi connectivity index (χ3n) is 11.6. The van der Waals surface area contributed by atoms with Crippen LogP contribution in [0.5, 0.6) is 11.5 Å². The van der Waals surface area contributed by atoms with Crippen LogP contribution in [0, 0.1) is 0 Å². The molecule has 3 aliphatic heterocycles. The molecule has 0 saturated carbocycles. The molecule has 2 atom stereocenters. The molecule has 11 rings (SSSR count). The van der Waals surface area contributed by atoms with E-state index in [1.54, 1.807) is 12.1 Å². The van der Waals surface area contributed by atoms with Crippen LogP contribution < -0.4 is 24.8 Å². The van der Waals surface area contributed by atoms with Crippen molar-refractivity contribution in [2.45, 2.75) is 31.2 Å². The van der Waals surface area contributed by atoms with Gasteiger partial charge in [-0.15, -0.1) is 0 Å². The van der Waals surface area contributed by atoms with E-state index in [4.69, 9.17) is 9.47 Å². The largest absolute Gasteiger partial charge is 0.422 e. The van der Waals surface area contributed by atoms with E-state index in [-0.39, 0.29) is 11.5 Å². The maximum Gasteiger partial charge on any atom is 0.344 e. The maximum absolute atomic E-state index is 13.5. The zero-order valence-electron chi connectivity index (χ0n) is 28.9. The fraction of sp³-hybridized carbons (Fsp3) is 0.106. The molecule has 6 heteroatoms. The number of para-hydroxylation sites is 2. The molecule has 0 fully saturated rings. The Morgan fingerprint density at radius 1 is 0.717 bits per heavy atom. The van der Waals surface area contributed by atoms with E-state index < -0.39 is 11.9 Å². The molecule has 0 amide bonds. The highest BCUT2D eigenvalue weighted by Gasteiger charge is 2.46. The van der Waals surface area contributed by atoms with Gasteiger partial charge in [-0.3, -0.25) is 0 Å². The zero-order chi connectivity index (χ0) is 35.4. The number of aromatic nitrogens is 1. The summed E-state index contributed by atoms with van der Waals surface area (Å²) >= 11 is 0. The highest BCUT2D eigenvalue weighted by Crippen LogP contribution is 2.53. The van der Waals surface area contributed by atoms with Crippen LogP contribution in [0.15, 0.2) is 140 Å². The molecule has 1 aromatic heterocycles. The summed E-state index contributed by atoms with van der Waals surface area (Å²) in [6, 6.07) is 36.7. The smallest absolute Gasteiger partial charge is 0.344 e. The summed E-state index contributed by atoms with van der Waals surface area (Å²) in [5.41, 5.74) is 10.4. The molecule has 0 N–H and O–H groups in total. The predicted molar refractivity (Wildman–Crippen MR) is 207 cm³/mol. The summed E-state index contributed by atoms with van der Waals surface area (Å²) in [7, 11) is 0. The van der Waals surface area contributed by atoms with Crippen LogP contribution in [0.4, 0.5) is 11.4 Å². The van der Waals surface area contributed by atoms with Gasteiger partial charge in [-0.05, 0) is 96.6 Å². The van der Waals surface area contributed by atoms with Gasteiger partial charge in [0.15, 0.2) is 0 Å². The number of fused-ring (bicyclic) bond motifs is 8. The fourth-order valence-electron chi connectivity index (χ4n) is 9.19. The van der Waals surface area contributed by atoms with Crippen LogP contribution in [0.3, 0.4) is 0 Å². The number of aryl methyl sites for hydroxylation is 1. The van der Waals surface area contributed by atoms with E-state index in [1.165, 1.54) is 27.9 Å². The highest BCUT2D eigenvalue weighted by molar-refractivity contribution is 6.21. The molecule has 0 bridgehead atoms. The van der Waals surface area contributed by atoms with Crippen molar-refractivity contribution in [2.24, 2.45) is 0 Å². The van der Waals surface area contributed by atoms with Gasteiger partial charge in [0.05, 0.1) is 22.2 Å². The first-order valence-corrected chi connectivity index (χ1v) is 18.1. The lowest BCUT2D eigenvalue weighted by Gasteiger charge is -2.39. The summed E-state index contributed by atoms with van der Waals surface area (Å²) < 4.78 is 14.0. The first-order valence-electron chi connectivity index (χ1n) is 18.1. The lowest BCUT2D eigenvalue weighted by molar-refractivity contribution is -0.128. The number of esters is 2. The standard InChI is InChI=1S/C47H32N2O4/c1-47-25-9-8-13-37(47)34-12-4-7-16-40(34)49(47)31-23-19-29(20-24-31)44-36-27-41-35(26-42(36)53-46(44)51)43(45(50)52-41)28-17-21-30(22-18-28)48-38-14-5-2-10-32(38)33-11-3-6-15-39(33)48/h2,4-10,12-27,37H,3,11H2,1H3. The first kappa shape index (κ1) is 30.0. The van der Waals surface area contributed by atoms with Crippen LogP contribution in [-0.4, -0.2) is 22.0 Å². The van der Waals surface area contributed by atoms with Gasteiger partial charge in [0.2, 0.25) is 0 Å². The Morgan fingerprint density at radius 2 is 1.36 bits per heavy atom. The van der Waals surface area contributed by atoms with Gasteiger partial charge in [0, 0.05) is 44.5 Å². The quantitative estimate of drug-likeness (QED) is 0.139. The van der Waals surface area contributed by atoms with Gasteiger partial charge < -0.3 is 18.9 Å². The SMILES string of the molecule is CC12C=CC=CC1c1ccccc1N2c1ccc(C2=c3cc4c(cc3OC2=O)=C(c2ccc(-n3c5c(c6ccccc63)CCC=C5)cc2)C(=O)O4)cc1. The number of allylic oxidation sites excluding steroid dienone is 3. The molecule has 2 aliphatic carbocycles. The number of hydrogen-bond acceptors (Lipinski definition) is 5. The average molecular weight is 689 g/mol. The van der Waals surface area contributed by atoms with Crippen molar-refractivity contribution < 1.29 is 19.1 Å². The fourth-order valence-corrected chi connectivity index (χ4v) is 9.19. The van der Waals surface area contributed by atoms with Crippen LogP contribution in [0.2, 0.25) is 0 Å². The minimum atomic E-state index is -0.427. The van der Waals surface area contributed by atoms with Gasteiger partial charge in [0.1, 0.15) is 11.5 Å². The minimum absolute atomic E-state index is 0.237. The van der Waals surface area contributed by atoms with E-state index >= 15 is 0 Å². The third-order valence-corrected chi connectivity index (χ3v) is 11.6. The van der Waals surface area contributed by atoms with Crippen LogP contribution in [0.1, 0.15) is 47.2 Å². The number of rotatable bonds is 4. The molecule has 0 saturated heterocycles. The van der Waals surface area contributed by atoms with Gasteiger partial charge >= 0.3 is 11.9 Å². The summed E-state index contributed by atoms with van der Waals surface area (Å²) in [5, 5.41) is 2.50. The lowest BCUT2D eigenvalue weighted by atomic mass is 9.80. The molecule has 53 heavy (non-hydrogen) atoms. The normalized spacial score (nSPS) is 20.3. The average Bonchev–Trinajstić information content (AvgIpc) is 3.88. The second-order valence-electron chi connectivity index (χ2n) is 14.5. The summed E-state index contributed by atoms with van der Waals surface area (Å²) in [6.45, 7) is 2.26. The molecule has 6 aromatic rings. The third kappa shape index (κ3) is 4.20. The minimum Gasteiger partial charge on any atom is -0.422 e. The molecule has 0 radical (unpaired) electrons. The number of benzene rings is 5. The Labute approximate surface area is 305 Å². The van der Waals surface area contributed by atoms with Crippen molar-refractivity contribution in [3.8, 4) is 17.2 Å². The predicted octanol–water partition coefficient (Wildman–Crippen LogP) is 7.95. The first-order chi connectivity index (χ1) is 26.0. The Hall–Kier alpha value is -6.66. The van der Waals surface area contributed by atoms with E-state index in [0.717, 1.165) is 40.9 Å². The summed E-state index contributed by atoms with van der Waals surface area (Å²) in [6.07, 6.45) is 15.3. The van der Waals surface area contributed by atoms with Crippen molar-refractivity contribution in [1.82, 2.24) is 4.57 Å². The number of ether oxygens (including phenoxy) is 2. The zero-order valence-corrected chi connectivity index (χ0v) is 28.9. The number of carbonyl (C=O) groups excluding carboxylic acids is 2. The maximum atomic E-state index is 13.5. The van der Waals surface area contributed by atoms with E-state index in [9.17, 15) is 9.59 Å². The molecule has 2 unspecified atom stereocenters. The van der Waals surface area contributed by atoms with E-state index in [1.807, 2.05) is 36.4 Å². The van der Waals surface area contributed by atoms with Crippen molar-refractivity contribution in [3.05, 3.63) is 178 Å². The Morgan fingerprint density at radius 3 is 2.08 bits per heavy atom. The molecule has 4 heterocycles. The second kappa shape index (κ2) is 10.9. The van der Waals surface area contributed by atoms with Crippen LogP contribution in [-0.2, 0) is 16.0 Å². The van der Waals surface area contributed by atoms with Crippen molar-refractivity contribution in [1.29, 1.82) is 0 Å². The van der Waals surface area contributed by atoms with Crippen molar-refractivity contribution in [3.63, 3.8) is 0 Å².